The number of esters is 1. The molecule has 1 N–H and O–H groups in total. The fourth-order valence-electron chi connectivity index (χ4n) is 2.00. The van der Waals surface area contributed by atoms with E-state index < -0.39 is 12.1 Å². The Hall–Kier alpha value is -1.59. The summed E-state index contributed by atoms with van der Waals surface area (Å²) in [6.07, 6.45) is 0.675. The maximum Gasteiger partial charge on any atom is 0.339 e. The van der Waals surface area contributed by atoms with Crippen molar-refractivity contribution >= 4 is 5.97 Å². The van der Waals surface area contributed by atoms with Gasteiger partial charge in [-0.2, -0.15) is 0 Å². The number of hydrogen-bond donors (Lipinski definition) is 1. The number of methoxy groups -OCH3 is 1. The lowest BCUT2D eigenvalue weighted by Crippen LogP contribution is -2.28. The fourth-order valence-corrected chi connectivity index (χ4v) is 2.00. The molecule has 104 valence electrons. The number of carbonyl (C=O) groups excluding carboxylic acids is 1. The number of rotatable bonds is 4. The Bertz CT molecular complexity index is 426. The number of carbonyl (C=O) groups is 1. The SMILES string of the molecule is COC(=O)C(O)c1cccc(OC2CCCOC2)c1. The second-order valence-corrected chi connectivity index (χ2v) is 4.46. The molecule has 0 aromatic heterocycles. The zero-order chi connectivity index (χ0) is 13.7. The molecule has 5 heteroatoms. The van der Waals surface area contributed by atoms with E-state index in [1.165, 1.54) is 7.11 Å². The van der Waals surface area contributed by atoms with Gasteiger partial charge in [-0.25, -0.2) is 4.79 Å². The number of aliphatic hydroxyl groups excluding tert-OH is 1. The van der Waals surface area contributed by atoms with Crippen molar-refractivity contribution in [2.75, 3.05) is 20.3 Å². The molecule has 0 bridgehead atoms. The molecule has 1 aliphatic heterocycles. The van der Waals surface area contributed by atoms with Crippen molar-refractivity contribution in [3.8, 4) is 5.75 Å². The van der Waals surface area contributed by atoms with Crippen LogP contribution in [0.15, 0.2) is 24.3 Å². The molecule has 5 nitrogen and oxygen atoms in total. The van der Waals surface area contributed by atoms with Crippen molar-refractivity contribution in [3.63, 3.8) is 0 Å². The molecule has 1 fully saturated rings. The molecule has 19 heavy (non-hydrogen) atoms. The Labute approximate surface area is 112 Å². The van der Waals surface area contributed by atoms with E-state index in [0.717, 1.165) is 19.4 Å². The van der Waals surface area contributed by atoms with Crippen molar-refractivity contribution in [1.29, 1.82) is 0 Å². The molecule has 0 aliphatic carbocycles. The second-order valence-electron chi connectivity index (χ2n) is 4.46. The van der Waals surface area contributed by atoms with Gasteiger partial charge in [-0.3, -0.25) is 0 Å². The molecule has 0 saturated carbocycles. The predicted octanol–water partition coefficient (Wildman–Crippen LogP) is 1.45. The molecular formula is C14H18O5. The highest BCUT2D eigenvalue weighted by atomic mass is 16.5. The third-order valence-corrected chi connectivity index (χ3v) is 3.02. The zero-order valence-corrected chi connectivity index (χ0v) is 10.9. The molecule has 0 amide bonds. The van der Waals surface area contributed by atoms with Gasteiger partial charge in [-0.05, 0) is 30.5 Å². The summed E-state index contributed by atoms with van der Waals surface area (Å²) in [5, 5.41) is 9.76. The molecule has 2 atom stereocenters. The molecule has 2 rings (SSSR count). The lowest BCUT2D eigenvalue weighted by Gasteiger charge is -2.23. The van der Waals surface area contributed by atoms with Gasteiger partial charge >= 0.3 is 5.97 Å². The molecule has 0 radical (unpaired) electrons. The summed E-state index contributed by atoms with van der Waals surface area (Å²) < 4.78 is 15.6. The molecule has 1 aromatic rings. The van der Waals surface area contributed by atoms with Crippen LogP contribution in [0.1, 0.15) is 24.5 Å². The van der Waals surface area contributed by atoms with E-state index in [0.29, 0.717) is 17.9 Å². The van der Waals surface area contributed by atoms with Crippen LogP contribution in [0.3, 0.4) is 0 Å². The second kappa shape index (κ2) is 6.54. The first-order valence-corrected chi connectivity index (χ1v) is 6.31. The predicted molar refractivity (Wildman–Crippen MR) is 67.9 cm³/mol. The third-order valence-electron chi connectivity index (χ3n) is 3.02. The van der Waals surface area contributed by atoms with Crippen molar-refractivity contribution in [3.05, 3.63) is 29.8 Å². The lowest BCUT2D eigenvalue weighted by molar-refractivity contribution is -0.150. The fraction of sp³-hybridized carbons (Fsp3) is 0.500. The maximum absolute atomic E-state index is 11.3. The zero-order valence-electron chi connectivity index (χ0n) is 10.9. The lowest BCUT2D eigenvalue weighted by atomic mass is 10.1. The van der Waals surface area contributed by atoms with E-state index in [1.54, 1.807) is 24.3 Å². The number of hydrogen-bond acceptors (Lipinski definition) is 5. The Balaban J connectivity index is 2.03. The largest absolute Gasteiger partial charge is 0.488 e. The minimum Gasteiger partial charge on any atom is -0.488 e. The Morgan fingerprint density at radius 3 is 3.05 bits per heavy atom. The molecule has 1 aromatic carbocycles. The van der Waals surface area contributed by atoms with Crippen LogP contribution in [0.4, 0.5) is 0 Å². The highest BCUT2D eigenvalue weighted by Gasteiger charge is 2.19. The van der Waals surface area contributed by atoms with Gasteiger partial charge < -0.3 is 19.3 Å². The van der Waals surface area contributed by atoms with Crippen LogP contribution in [-0.4, -0.2) is 37.5 Å². The standard InChI is InChI=1S/C14H18O5/c1-17-14(16)13(15)10-4-2-5-11(8-10)19-12-6-3-7-18-9-12/h2,4-5,8,12-13,15H,3,6-7,9H2,1H3. The van der Waals surface area contributed by atoms with Crippen LogP contribution in [0.25, 0.3) is 0 Å². The van der Waals surface area contributed by atoms with Gasteiger partial charge in [-0.1, -0.05) is 12.1 Å². The van der Waals surface area contributed by atoms with Gasteiger partial charge in [0.2, 0.25) is 0 Å². The third kappa shape index (κ3) is 3.68. The van der Waals surface area contributed by atoms with Crippen LogP contribution in [-0.2, 0) is 14.3 Å². The summed E-state index contributed by atoms with van der Waals surface area (Å²) >= 11 is 0. The first-order chi connectivity index (χ1) is 9.20. The molecule has 1 aliphatic rings. The minimum absolute atomic E-state index is 0.0271. The highest BCUT2D eigenvalue weighted by molar-refractivity contribution is 5.76. The Morgan fingerprint density at radius 1 is 1.53 bits per heavy atom. The Morgan fingerprint density at radius 2 is 2.37 bits per heavy atom. The summed E-state index contributed by atoms with van der Waals surface area (Å²) in [6, 6.07) is 6.84. The Kier molecular flexibility index (Phi) is 4.76. The summed E-state index contributed by atoms with van der Waals surface area (Å²) in [7, 11) is 1.24. The van der Waals surface area contributed by atoms with E-state index in [2.05, 4.69) is 4.74 Å². The first-order valence-electron chi connectivity index (χ1n) is 6.31. The van der Waals surface area contributed by atoms with Gasteiger partial charge in [0.1, 0.15) is 11.9 Å². The van der Waals surface area contributed by atoms with Crippen molar-refractivity contribution in [2.24, 2.45) is 0 Å². The van der Waals surface area contributed by atoms with E-state index in [1.807, 2.05) is 0 Å². The molecule has 0 spiro atoms. The number of aliphatic hydroxyl groups is 1. The molecule has 1 heterocycles. The van der Waals surface area contributed by atoms with Crippen LogP contribution >= 0.6 is 0 Å². The van der Waals surface area contributed by atoms with E-state index in [9.17, 15) is 9.90 Å². The summed E-state index contributed by atoms with van der Waals surface area (Å²) in [6.45, 7) is 1.35. The topological polar surface area (TPSA) is 65.0 Å². The van der Waals surface area contributed by atoms with Crippen LogP contribution in [0.2, 0.25) is 0 Å². The quantitative estimate of drug-likeness (QED) is 0.836. The summed E-state index contributed by atoms with van der Waals surface area (Å²) in [5.74, 6) is -0.0610. The van der Waals surface area contributed by atoms with Crippen molar-refractivity contribution in [1.82, 2.24) is 0 Å². The van der Waals surface area contributed by atoms with Gasteiger partial charge in [0, 0.05) is 6.61 Å². The van der Waals surface area contributed by atoms with Gasteiger partial charge in [0.05, 0.1) is 13.7 Å². The summed E-state index contributed by atoms with van der Waals surface area (Å²) in [5.41, 5.74) is 0.459. The number of ether oxygens (including phenoxy) is 3. The average Bonchev–Trinajstić information content (AvgIpc) is 2.47. The first kappa shape index (κ1) is 13.8. The van der Waals surface area contributed by atoms with E-state index in [4.69, 9.17) is 9.47 Å². The van der Waals surface area contributed by atoms with Gasteiger partial charge in [-0.15, -0.1) is 0 Å². The van der Waals surface area contributed by atoms with Crippen LogP contribution in [0.5, 0.6) is 5.75 Å². The molecule has 2 unspecified atom stereocenters. The highest BCUT2D eigenvalue weighted by Crippen LogP contribution is 2.22. The smallest absolute Gasteiger partial charge is 0.339 e. The number of benzene rings is 1. The van der Waals surface area contributed by atoms with Crippen molar-refractivity contribution < 1.29 is 24.1 Å². The van der Waals surface area contributed by atoms with E-state index in [-0.39, 0.29) is 6.10 Å². The average molecular weight is 266 g/mol. The minimum atomic E-state index is -1.28. The molecule has 1 saturated heterocycles. The summed E-state index contributed by atoms with van der Waals surface area (Å²) in [4.78, 5) is 11.3. The van der Waals surface area contributed by atoms with Crippen molar-refractivity contribution in [2.45, 2.75) is 25.0 Å². The van der Waals surface area contributed by atoms with E-state index >= 15 is 0 Å². The van der Waals surface area contributed by atoms with Gasteiger partial charge in [0.25, 0.3) is 0 Å². The molecular weight excluding hydrogens is 248 g/mol. The normalized spacial score (nSPS) is 20.6. The van der Waals surface area contributed by atoms with Crippen LogP contribution < -0.4 is 4.74 Å². The maximum atomic E-state index is 11.3. The monoisotopic (exact) mass is 266 g/mol. The van der Waals surface area contributed by atoms with Gasteiger partial charge in [0.15, 0.2) is 6.10 Å². The van der Waals surface area contributed by atoms with Crippen LogP contribution in [0, 0.1) is 0 Å².